The Hall–Kier alpha value is -2.25. The molecule has 0 bridgehead atoms. The molecule has 1 aromatic heterocycles. The fraction of sp³-hybridized carbons (Fsp3) is 0.357. The Bertz CT molecular complexity index is 598. The highest BCUT2D eigenvalue weighted by Crippen LogP contribution is 2.23. The number of nitrogens with zero attached hydrogens (tertiary/aromatic N) is 2. The maximum Gasteiger partial charge on any atom is 0.247 e. The van der Waals surface area contributed by atoms with Crippen molar-refractivity contribution in [3.63, 3.8) is 0 Å². The molecule has 1 heterocycles. The predicted octanol–water partition coefficient (Wildman–Crippen LogP) is 1.35. The fourth-order valence-corrected chi connectivity index (χ4v) is 1.84. The molecular weight excluding hydrogens is 272 g/mol. The molecule has 7 heteroatoms. The number of aromatic nitrogens is 2. The number of ether oxygens (including phenoxy) is 1. The van der Waals surface area contributed by atoms with E-state index in [1.54, 1.807) is 19.2 Å². The number of carbonyl (C=O) groups is 1. The van der Waals surface area contributed by atoms with Crippen molar-refractivity contribution in [3.05, 3.63) is 30.2 Å². The molecule has 2 rings (SSSR count). The molecule has 0 fully saturated rings. The van der Waals surface area contributed by atoms with E-state index in [4.69, 9.17) is 14.9 Å². The van der Waals surface area contributed by atoms with Crippen molar-refractivity contribution in [1.29, 1.82) is 0 Å². The van der Waals surface area contributed by atoms with Gasteiger partial charge in [-0.25, -0.2) is 0 Å². The number of nitrogens with two attached hydrogens (primary N) is 1. The molecule has 2 aromatic rings. The van der Waals surface area contributed by atoms with Gasteiger partial charge in [-0.3, -0.25) is 4.79 Å². The van der Waals surface area contributed by atoms with E-state index in [-0.39, 0.29) is 5.91 Å². The molecule has 21 heavy (non-hydrogen) atoms. The van der Waals surface area contributed by atoms with E-state index in [2.05, 4.69) is 15.5 Å². The Morgan fingerprint density at radius 2 is 2.33 bits per heavy atom. The van der Waals surface area contributed by atoms with Crippen LogP contribution < -0.4 is 11.1 Å². The van der Waals surface area contributed by atoms with Gasteiger partial charge in [0.15, 0.2) is 0 Å². The van der Waals surface area contributed by atoms with Crippen LogP contribution in [0.5, 0.6) is 0 Å². The number of rotatable bonds is 6. The third-order valence-corrected chi connectivity index (χ3v) is 3.06. The molecule has 3 N–H and O–H groups in total. The zero-order valence-electron chi connectivity index (χ0n) is 12.0. The Morgan fingerprint density at radius 3 is 2.95 bits per heavy atom. The first-order valence-corrected chi connectivity index (χ1v) is 6.54. The van der Waals surface area contributed by atoms with Crippen molar-refractivity contribution in [2.45, 2.75) is 19.4 Å². The van der Waals surface area contributed by atoms with Crippen molar-refractivity contribution >= 4 is 11.6 Å². The van der Waals surface area contributed by atoms with Crippen molar-refractivity contribution in [3.8, 4) is 11.5 Å². The number of benzene rings is 1. The van der Waals surface area contributed by atoms with E-state index >= 15 is 0 Å². The van der Waals surface area contributed by atoms with Crippen molar-refractivity contribution in [2.75, 3.05) is 19.0 Å². The van der Waals surface area contributed by atoms with Crippen molar-refractivity contribution < 1.29 is 13.9 Å². The summed E-state index contributed by atoms with van der Waals surface area (Å²) in [6, 6.07) is 4.86. The number of nitrogens with one attached hydrogen (secondary N) is 1. The van der Waals surface area contributed by atoms with E-state index in [0.29, 0.717) is 24.6 Å². The molecule has 0 aliphatic carbocycles. The van der Waals surface area contributed by atoms with Crippen molar-refractivity contribution in [2.24, 2.45) is 5.73 Å². The minimum atomic E-state index is -0.597. The largest absolute Gasteiger partial charge is 0.423 e. The van der Waals surface area contributed by atoms with E-state index < -0.39 is 6.04 Å². The first-order chi connectivity index (χ1) is 10.1. The van der Waals surface area contributed by atoms with Gasteiger partial charge in [0.25, 0.3) is 0 Å². The van der Waals surface area contributed by atoms with Crippen LogP contribution >= 0.6 is 0 Å². The van der Waals surface area contributed by atoms with Gasteiger partial charge >= 0.3 is 0 Å². The highest BCUT2D eigenvalue weighted by Gasteiger charge is 2.14. The summed E-state index contributed by atoms with van der Waals surface area (Å²) < 4.78 is 10.0. The highest BCUT2D eigenvalue weighted by atomic mass is 16.5. The van der Waals surface area contributed by atoms with Gasteiger partial charge in [-0.05, 0) is 37.1 Å². The normalized spacial score (nSPS) is 12.1. The first kappa shape index (κ1) is 15.1. The lowest BCUT2D eigenvalue weighted by Crippen LogP contribution is -2.36. The van der Waals surface area contributed by atoms with Gasteiger partial charge in [0.2, 0.25) is 18.2 Å². The summed E-state index contributed by atoms with van der Waals surface area (Å²) in [5, 5.41) is 10.3. The summed E-state index contributed by atoms with van der Waals surface area (Å²) in [6.07, 6.45) is 1.75. The number of aryl methyl sites for hydroxylation is 1. The number of anilines is 1. The summed E-state index contributed by atoms with van der Waals surface area (Å²) >= 11 is 0. The molecule has 1 unspecified atom stereocenters. The zero-order chi connectivity index (χ0) is 15.2. The molecule has 1 aromatic carbocycles. The van der Waals surface area contributed by atoms with Gasteiger partial charge in [-0.15, -0.1) is 10.2 Å². The molecule has 1 atom stereocenters. The minimum absolute atomic E-state index is 0.235. The average molecular weight is 290 g/mol. The quantitative estimate of drug-likeness (QED) is 0.832. The molecule has 0 spiro atoms. The standard InChI is InChI=1S/C14H18N4O3/c1-9-7-10(14-18-16-8-21-14)3-4-12(9)17-13(19)11(15)5-6-20-2/h3-4,7-8,11H,5-6,15H2,1-2H3,(H,17,19). The van der Waals surface area contributed by atoms with Crippen LogP contribution in [0.2, 0.25) is 0 Å². The maximum absolute atomic E-state index is 12.0. The van der Waals surface area contributed by atoms with E-state index in [9.17, 15) is 4.79 Å². The molecule has 0 aliphatic heterocycles. The summed E-state index contributed by atoms with van der Waals surface area (Å²) in [7, 11) is 1.57. The Balaban J connectivity index is 2.06. The second kappa shape index (κ2) is 6.96. The SMILES string of the molecule is COCCC(N)C(=O)Nc1ccc(-c2nnco2)cc1C. The van der Waals surface area contributed by atoms with E-state index in [1.807, 2.05) is 13.0 Å². The minimum Gasteiger partial charge on any atom is -0.423 e. The summed E-state index contributed by atoms with van der Waals surface area (Å²) in [4.78, 5) is 12.0. The molecule has 1 amide bonds. The van der Waals surface area contributed by atoms with E-state index in [1.165, 1.54) is 6.39 Å². The maximum atomic E-state index is 12.0. The van der Waals surface area contributed by atoms with Gasteiger partial charge in [-0.2, -0.15) is 0 Å². The second-order valence-electron chi connectivity index (χ2n) is 4.65. The first-order valence-electron chi connectivity index (χ1n) is 6.54. The molecule has 0 radical (unpaired) electrons. The number of amides is 1. The second-order valence-corrected chi connectivity index (χ2v) is 4.65. The highest BCUT2D eigenvalue weighted by molar-refractivity contribution is 5.95. The third kappa shape index (κ3) is 3.87. The lowest BCUT2D eigenvalue weighted by molar-refractivity contribution is -0.117. The van der Waals surface area contributed by atoms with Gasteiger partial charge < -0.3 is 20.2 Å². The van der Waals surface area contributed by atoms with Crippen LogP contribution in [0.15, 0.2) is 29.0 Å². The number of methoxy groups -OCH3 is 1. The lowest BCUT2D eigenvalue weighted by Gasteiger charge is -2.13. The molecular formula is C14H18N4O3. The monoisotopic (exact) mass is 290 g/mol. The van der Waals surface area contributed by atoms with Crippen LogP contribution in [0.1, 0.15) is 12.0 Å². The van der Waals surface area contributed by atoms with Crippen molar-refractivity contribution in [1.82, 2.24) is 10.2 Å². The Morgan fingerprint density at radius 1 is 1.52 bits per heavy atom. The molecule has 112 valence electrons. The van der Waals surface area contributed by atoms with Crippen LogP contribution in [0, 0.1) is 6.92 Å². The van der Waals surface area contributed by atoms with Crippen LogP contribution in [0.4, 0.5) is 5.69 Å². The molecule has 7 nitrogen and oxygen atoms in total. The van der Waals surface area contributed by atoms with Crippen LogP contribution in [-0.4, -0.2) is 35.9 Å². The van der Waals surface area contributed by atoms with E-state index in [0.717, 1.165) is 11.1 Å². The van der Waals surface area contributed by atoms with Crippen LogP contribution in [0.25, 0.3) is 11.5 Å². The Kier molecular flexibility index (Phi) is 5.02. The number of hydrogen-bond acceptors (Lipinski definition) is 6. The summed E-state index contributed by atoms with van der Waals surface area (Å²) in [5.41, 5.74) is 8.17. The number of carbonyl (C=O) groups excluding carboxylic acids is 1. The topological polar surface area (TPSA) is 103 Å². The van der Waals surface area contributed by atoms with Crippen LogP contribution in [-0.2, 0) is 9.53 Å². The Labute approximate surface area is 122 Å². The lowest BCUT2D eigenvalue weighted by atomic mass is 10.1. The fourth-order valence-electron chi connectivity index (χ4n) is 1.84. The van der Waals surface area contributed by atoms with Gasteiger partial charge in [0, 0.05) is 25.0 Å². The summed E-state index contributed by atoms with van der Waals surface area (Å²) in [5.74, 6) is 0.202. The molecule has 0 aliphatic rings. The van der Waals surface area contributed by atoms with Gasteiger partial charge in [-0.1, -0.05) is 0 Å². The van der Waals surface area contributed by atoms with Gasteiger partial charge in [0.1, 0.15) is 0 Å². The molecule has 0 saturated heterocycles. The predicted molar refractivity (Wildman–Crippen MR) is 77.6 cm³/mol. The van der Waals surface area contributed by atoms with Gasteiger partial charge in [0.05, 0.1) is 6.04 Å². The average Bonchev–Trinajstić information content (AvgIpc) is 3.00. The smallest absolute Gasteiger partial charge is 0.247 e. The summed E-state index contributed by atoms with van der Waals surface area (Å²) in [6.45, 7) is 2.33. The zero-order valence-corrected chi connectivity index (χ0v) is 12.0. The number of hydrogen-bond donors (Lipinski definition) is 2. The third-order valence-electron chi connectivity index (χ3n) is 3.06. The van der Waals surface area contributed by atoms with Crippen LogP contribution in [0.3, 0.4) is 0 Å². The molecule has 0 saturated carbocycles.